The summed E-state index contributed by atoms with van der Waals surface area (Å²) >= 11 is 1.77. The monoisotopic (exact) mass is 330 g/mol. The molecule has 0 saturated heterocycles. The molecule has 0 bridgehead atoms. The van der Waals surface area contributed by atoms with Crippen molar-refractivity contribution in [2.24, 2.45) is 0 Å². The maximum absolute atomic E-state index is 3.37. The number of hydrogen-bond acceptors (Lipinski definition) is 1. The van der Waals surface area contributed by atoms with Crippen molar-refractivity contribution in [3.8, 4) is 0 Å². The predicted octanol–water partition coefficient (Wildman–Crippen LogP) is 5.07. The van der Waals surface area contributed by atoms with Gasteiger partial charge < -0.3 is 0 Å². The van der Waals surface area contributed by atoms with Gasteiger partial charge in [-0.3, -0.25) is 0 Å². The molecule has 0 nitrogen and oxygen atoms in total. The van der Waals surface area contributed by atoms with Gasteiger partial charge in [0.15, 0.2) is 0 Å². The number of rotatable bonds is 3. The number of aryl methyl sites for hydroxylation is 1. The Morgan fingerprint density at radius 1 is 1.11 bits per heavy atom. The van der Waals surface area contributed by atoms with Crippen LogP contribution in [0.2, 0.25) is 0 Å². The first-order valence-corrected chi connectivity index (χ1v) is 6.73. The van der Waals surface area contributed by atoms with Crippen molar-refractivity contribution in [2.75, 3.05) is 0 Å². The summed E-state index contributed by atoms with van der Waals surface area (Å²) in [5, 5.41) is 0. The molecular formula is C16H17SY-. The first-order valence-electron chi connectivity index (χ1n) is 5.92. The molecule has 0 N–H and O–H groups in total. The summed E-state index contributed by atoms with van der Waals surface area (Å²) in [6.07, 6.45) is 0. The van der Waals surface area contributed by atoms with E-state index < -0.39 is 0 Å². The standard InChI is InChI=1S/C16H17S.Y/c1-12(2)16-10-9-15(11-13(16)3)17-14-7-5-4-6-8-14;/h4-8,10-12H,1-3H3;/q-1;. The van der Waals surface area contributed by atoms with E-state index in [1.807, 2.05) is 6.07 Å². The summed E-state index contributed by atoms with van der Waals surface area (Å²) in [5.74, 6) is 0.571. The van der Waals surface area contributed by atoms with Crippen LogP contribution in [-0.2, 0) is 32.7 Å². The minimum Gasteiger partial charge on any atom is -0.172 e. The summed E-state index contributed by atoms with van der Waals surface area (Å²) in [5.41, 5.74) is 2.75. The topological polar surface area (TPSA) is 0 Å². The minimum absolute atomic E-state index is 0. The molecular weight excluding hydrogens is 313 g/mol. The van der Waals surface area contributed by atoms with Gasteiger partial charge in [-0.2, -0.15) is 29.3 Å². The minimum atomic E-state index is 0. The van der Waals surface area contributed by atoms with Crippen LogP contribution >= 0.6 is 11.8 Å². The normalized spacial score (nSPS) is 10.2. The zero-order chi connectivity index (χ0) is 12.3. The molecule has 0 saturated carbocycles. The molecule has 2 heteroatoms. The molecule has 0 fully saturated rings. The third-order valence-electron chi connectivity index (χ3n) is 2.77. The van der Waals surface area contributed by atoms with Gasteiger partial charge in [-0.1, -0.05) is 44.9 Å². The van der Waals surface area contributed by atoms with E-state index in [0.717, 1.165) is 0 Å². The SMILES string of the molecule is Cc1cc(Sc2ccccc2)[c-]cc1C(C)C.[Y]. The van der Waals surface area contributed by atoms with Gasteiger partial charge in [0.05, 0.1) is 0 Å². The molecule has 0 aliphatic heterocycles. The van der Waals surface area contributed by atoms with E-state index in [0.29, 0.717) is 5.92 Å². The quantitative estimate of drug-likeness (QED) is 0.708. The van der Waals surface area contributed by atoms with Crippen molar-refractivity contribution < 1.29 is 32.7 Å². The van der Waals surface area contributed by atoms with Crippen LogP contribution in [0.25, 0.3) is 0 Å². The Morgan fingerprint density at radius 3 is 2.33 bits per heavy atom. The van der Waals surface area contributed by atoms with E-state index in [-0.39, 0.29) is 32.7 Å². The van der Waals surface area contributed by atoms with Crippen LogP contribution in [-0.4, -0.2) is 0 Å². The molecule has 0 heterocycles. The second-order valence-corrected chi connectivity index (χ2v) is 5.62. The fraction of sp³-hybridized carbons (Fsp3) is 0.250. The summed E-state index contributed by atoms with van der Waals surface area (Å²) < 4.78 is 0. The second-order valence-electron chi connectivity index (χ2n) is 4.51. The Bertz CT molecular complexity index is 492. The molecule has 0 spiro atoms. The third-order valence-corrected chi connectivity index (χ3v) is 3.73. The molecule has 2 rings (SSSR count). The summed E-state index contributed by atoms with van der Waals surface area (Å²) in [6, 6.07) is 18.2. The fourth-order valence-electron chi connectivity index (χ4n) is 1.88. The molecule has 0 unspecified atom stereocenters. The van der Waals surface area contributed by atoms with E-state index >= 15 is 0 Å². The number of benzene rings is 2. The molecule has 0 aromatic heterocycles. The van der Waals surface area contributed by atoms with Crippen LogP contribution in [0.4, 0.5) is 0 Å². The van der Waals surface area contributed by atoms with Crippen molar-refractivity contribution in [3.63, 3.8) is 0 Å². The van der Waals surface area contributed by atoms with Gasteiger partial charge in [-0.05, 0) is 12.1 Å². The molecule has 2 aromatic carbocycles. The molecule has 91 valence electrons. The first-order chi connectivity index (χ1) is 8.16. The Labute approximate surface area is 139 Å². The maximum Gasteiger partial charge on any atom is 0.0101 e. The largest absolute Gasteiger partial charge is 0.172 e. The van der Waals surface area contributed by atoms with E-state index in [2.05, 4.69) is 63.2 Å². The summed E-state index contributed by atoms with van der Waals surface area (Å²) in [7, 11) is 0. The predicted molar refractivity (Wildman–Crippen MR) is 74.7 cm³/mol. The number of hydrogen-bond donors (Lipinski definition) is 0. The summed E-state index contributed by atoms with van der Waals surface area (Å²) in [4.78, 5) is 2.46. The molecule has 0 atom stereocenters. The van der Waals surface area contributed by atoms with Gasteiger partial charge >= 0.3 is 0 Å². The zero-order valence-corrected chi connectivity index (χ0v) is 14.8. The fourth-order valence-corrected chi connectivity index (χ4v) is 2.78. The Morgan fingerprint density at radius 2 is 1.78 bits per heavy atom. The van der Waals surface area contributed by atoms with E-state index in [1.165, 1.54) is 20.9 Å². The zero-order valence-electron chi connectivity index (χ0n) is 11.1. The first kappa shape index (κ1) is 15.9. The van der Waals surface area contributed by atoms with Crippen molar-refractivity contribution in [1.29, 1.82) is 0 Å². The summed E-state index contributed by atoms with van der Waals surface area (Å²) in [6.45, 7) is 6.62. The Kier molecular flexibility index (Phi) is 6.62. The van der Waals surface area contributed by atoms with Crippen molar-refractivity contribution in [1.82, 2.24) is 0 Å². The van der Waals surface area contributed by atoms with E-state index in [4.69, 9.17) is 0 Å². The van der Waals surface area contributed by atoms with Crippen LogP contribution in [0.5, 0.6) is 0 Å². The average molecular weight is 330 g/mol. The second kappa shape index (κ2) is 7.48. The van der Waals surface area contributed by atoms with Gasteiger partial charge in [0.1, 0.15) is 0 Å². The smallest absolute Gasteiger partial charge is 0.0101 e. The van der Waals surface area contributed by atoms with Gasteiger partial charge in [0.25, 0.3) is 0 Å². The molecule has 2 aromatic rings. The Balaban J connectivity index is 0.00000162. The van der Waals surface area contributed by atoms with Gasteiger partial charge in [0, 0.05) is 37.6 Å². The molecule has 0 aliphatic carbocycles. The van der Waals surface area contributed by atoms with E-state index in [9.17, 15) is 0 Å². The van der Waals surface area contributed by atoms with Crippen LogP contribution in [0.15, 0.2) is 52.3 Å². The van der Waals surface area contributed by atoms with Gasteiger partial charge in [-0.25, -0.2) is 0 Å². The van der Waals surface area contributed by atoms with Crippen molar-refractivity contribution in [2.45, 2.75) is 36.5 Å². The van der Waals surface area contributed by atoms with Crippen LogP contribution < -0.4 is 0 Å². The van der Waals surface area contributed by atoms with Gasteiger partial charge in [-0.15, -0.1) is 16.7 Å². The Hall–Kier alpha value is -0.106. The third kappa shape index (κ3) is 4.22. The average Bonchev–Trinajstić information content (AvgIpc) is 2.30. The van der Waals surface area contributed by atoms with Crippen LogP contribution in [0.1, 0.15) is 30.9 Å². The molecule has 18 heavy (non-hydrogen) atoms. The molecule has 0 amide bonds. The van der Waals surface area contributed by atoms with Gasteiger partial charge in [0.2, 0.25) is 0 Å². The van der Waals surface area contributed by atoms with E-state index in [1.54, 1.807) is 11.8 Å². The van der Waals surface area contributed by atoms with Crippen molar-refractivity contribution >= 4 is 11.8 Å². The molecule has 1 radical (unpaired) electrons. The van der Waals surface area contributed by atoms with Crippen LogP contribution in [0.3, 0.4) is 0 Å². The van der Waals surface area contributed by atoms with Crippen molar-refractivity contribution in [3.05, 3.63) is 59.7 Å². The maximum atomic E-state index is 3.37. The van der Waals surface area contributed by atoms with Crippen LogP contribution in [0, 0.1) is 13.0 Å². The molecule has 0 aliphatic rings.